The number of esters is 4. The molecule has 0 saturated carbocycles. The van der Waals surface area contributed by atoms with E-state index in [2.05, 4.69) is 55.4 Å². The quantitative estimate of drug-likeness (QED) is 0.0222. The molecule has 0 bridgehead atoms. The van der Waals surface area contributed by atoms with Crippen LogP contribution in [0.1, 0.15) is 389 Å². The smallest absolute Gasteiger partial charge is 0.462 e. The summed E-state index contributed by atoms with van der Waals surface area (Å²) in [7, 11) is -9.91. The predicted molar refractivity (Wildman–Crippen MR) is 391 cm³/mol. The van der Waals surface area contributed by atoms with Gasteiger partial charge in [-0.2, -0.15) is 0 Å². The molecule has 0 aromatic carbocycles. The third-order valence-electron chi connectivity index (χ3n) is 18.5. The number of hydrogen-bond acceptors (Lipinski definition) is 15. The van der Waals surface area contributed by atoms with Crippen LogP contribution < -0.4 is 0 Å². The zero-order valence-corrected chi connectivity index (χ0v) is 64.8. The van der Waals surface area contributed by atoms with E-state index >= 15 is 0 Å². The summed E-state index contributed by atoms with van der Waals surface area (Å²) in [6.07, 6.45) is 51.7. The highest BCUT2D eigenvalue weighted by Gasteiger charge is 2.30. The van der Waals surface area contributed by atoms with Gasteiger partial charge >= 0.3 is 39.5 Å². The standard InChI is InChI=1S/C77H150O17P2/c1-9-69(7)55-47-39-30-26-22-17-15-13-11-12-14-16-18-23-27-31-41-49-57-74(79)87-63-72(93-76(81)59-51-43-32-28-24-20-19-21-25-29-37-45-53-67(3)4)65-91-95(83,84)89-61-71(78)62-90-96(85,86)92-66-73(64-88-75(80)58-50-42-35-33-38-46-54-68(5)6)94-77(82)60-52-44-36-34-40-48-56-70(8)10-2/h67-73,78H,9-66H2,1-8H3,(H,83,84)(H,85,86)/t69?,70?,71-,72-,73-/m1/s1. The number of aliphatic hydroxyl groups is 1. The normalized spacial score (nSPS) is 14.7. The molecule has 0 aliphatic carbocycles. The molecule has 17 nitrogen and oxygen atoms in total. The van der Waals surface area contributed by atoms with Crippen molar-refractivity contribution in [3.05, 3.63) is 0 Å². The number of carbonyl (C=O) groups excluding carboxylic acids is 4. The maximum absolute atomic E-state index is 13.1. The van der Waals surface area contributed by atoms with E-state index in [1.807, 2.05) is 0 Å². The molecule has 7 atom stereocenters. The number of unbranched alkanes of at least 4 members (excludes halogenated alkanes) is 38. The van der Waals surface area contributed by atoms with Gasteiger partial charge in [0.05, 0.1) is 26.4 Å². The Bertz CT molecular complexity index is 1890. The first-order valence-electron chi connectivity index (χ1n) is 39.8. The van der Waals surface area contributed by atoms with Crippen LogP contribution in [0.3, 0.4) is 0 Å². The number of phosphoric acid groups is 2. The minimum Gasteiger partial charge on any atom is -0.462 e. The molecule has 0 rings (SSSR count). The van der Waals surface area contributed by atoms with E-state index in [1.165, 1.54) is 186 Å². The van der Waals surface area contributed by atoms with E-state index < -0.39 is 97.5 Å². The van der Waals surface area contributed by atoms with E-state index in [0.717, 1.165) is 114 Å². The van der Waals surface area contributed by atoms with Crippen molar-refractivity contribution in [1.29, 1.82) is 0 Å². The lowest BCUT2D eigenvalue weighted by molar-refractivity contribution is -0.161. The summed E-state index contributed by atoms with van der Waals surface area (Å²) < 4.78 is 68.4. The van der Waals surface area contributed by atoms with Gasteiger partial charge in [-0.05, 0) is 49.4 Å². The lowest BCUT2D eigenvalue weighted by Crippen LogP contribution is -2.30. The molecule has 0 fully saturated rings. The molecule has 570 valence electrons. The highest BCUT2D eigenvalue weighted by Crippen LogP contribution is 2.45. The monoisotopic (exact) mass is 1410 g/mol. The number of ether oxygens (including phenoxy) is 4. The molecule has 96 heavy (non-hydrogen) atoms. The van der Waals surface area contributed by atoms with Gasteiger partial charge in [-0.25, -0.2) is 9.13 Å². The van der Waals surface area contributed by atoms with E-state index in [9.17, 15) is 43.2 Å². The van der Waals surface area contributed by atoms with Crippen LogP contribution in [0.15, 0.2) is 0 Å². The lowest BCUT2D eigenvalue weighted by Gasteiger charge is -2.21. The Hall–Kier alpha value is -1.94. The Morgan fingerprint density at radius 2 is 0.500 bits per heavy atom. The number of aliphatic hydroxyl groups excluding tert-OH is 1. The number of rotatable bonds is 74. The van der Waals surface area contributed by atoms with Crippen LogP contribution in [-0.4, -0.2) is 96.7 Å². The third kappa shape index (κ3) is 67.9. The van der Waals surface area contributed by atoms with Crippen molar-refractivity contribution in [3.63, 3.8) is 0 Å². The summed E-state index contributed by atoms with van der Waals surface area (Å²) in [5.74, 6) is 0.924. The molecular weight excluding hydrogens is 1260 g/mol. The van der Waals surface area contributed by atoms with Crippen molar-refractivity contribution < 1.29 is 80.2 Å². The van der Waals surface area contributed by atoms with Crippen molar-refractivity contribution in [2.45, 2.75) is 408 Å². The Morgan fingerprint density at radius 3 is 0.740 bits per heavy atom. The lowest BCUT2D eigenvalue weighted by atomic mass is 9.99. The fourth-order valence-corrected chi connectivity index (χ4v) is 13.2. The first-order chi connectivity index (χ1) is 46.2. The van der Waals surface area contributed by atoms with Gasteiger partial charge in [0.2, 0.25) is 0 Å². The maximum Gasteiger partial charge on any atom is 0.472 e. The number of phosphoric ester groups is 2. The minimum atomic E-state index is -4.96. The Balaban J connectivity index is 5.17. The average Bonchev–Trinajstić information content (AvgIpc) is 1.91. The average molecular weight is 1410 g/mol. The Morgan fingerprint density at radius 1 is 0.292 bits per heavy atom. The second kappa shape index (κ2) is 66.3. The zero-order chi connectivity index (χ0) is 71.0. The fourth-order valence-electron chi connectivity index (χ4n) is 11.7. The Labute approximate surface area is 588 Å². The first-order valence-corrected chi connectivity index (χ1v) is 42.8. The molecule has 4 unspecified atom stereocenters. The van der Waals surface area contributed by atoms with Crippen LogP contribution >= 0.6 is 15.6 Å². The SMILES string of the molecule is CCC(C)CCCCCCCCCCCCCCCCCCCCC(=O)OC[C@H](COP(=O)(O)OC[C@@H](O)COP(=O)(O)OC[C@@H](COC(=O)CCCCCCCCC(C)C)OC(=O)CCCCCCCCC(C)CC)OC(=O)CCCCCCCCCCCCCCC(C)C. The second-order valence-corrected chi connectivity index (χ2v) is 32.1. The summed E-state index contributed by atoms with van der Waals surface area (Å²) in [5.41, 5.74) is 0. The van der Waals surface area contributed by atoms with Crippen LogP contribution in [0.25, 0.3) is 0 Å². The molecule has 0 amide bonds. The summed E-state index contributed by atoms with van der Waals surface area (Å²) in [5, 5.41) is 10.6. The minimum absolute atomic E-state index is 0.102. The summed E-state index contributed by atoms with van der Waals surface area (Å²) in [6.45, 7) is 14.1. The van der Waals surface area contributed by atoms with Gasteiger partial charge in [0.15, 0.2) is 12.2 Å². The Kier molecular flexibility index (Phi) is 65.0. The summed E-state index contributed by atoms with van der Waals surface area (Å²) >= 11 is 0. The molecule has 0 saturated heterocycles. The largest absolute Gasteiger partial charge is 0.472 e. The van der Waals surface area contributed by atoms with Gasteiger partial charge in [-0.15, -0.1) is 0 Å². The van der Waals surface area contributed by atoms with Gasteiger partial charge in [0, 0.05) is 25.7 Å². The second-order valence-electron chi connectivity index (χ2n) is 29.2. The topological polar surface area (TPSA) is 237 Å². The molecule has 19 heteroatoms. The molecule has 0 spiro atoms. The molecule has 0 aliphatic rings. The third-order valence-corrected chi connectivity index (χ3v) is 20.4. The van der Waals surface area contributed by atoms with Crippen molar-refractivity contribution in [2.24, 2.45) is 23.7 Å². The fraction of sp³-hybridized carbons (Fsp3) is 0.948. The van der Waals surface area contributed by atoms with Gasteiger partial charge in [-0.1, -0.05) is 338 Å². The molecule has 3 N–H and O–H groups in total. The maximum atomic E-state index is 13.1. The highest BCUT2D eigenvalue weighted by atomic mass is 31.2. The van der Waals surface area contributed by atoms with E-state index in [1.54, 1.807) is 0 Å². The van der Waals surface area contributed by atoms with Crippen LogP contribution in [0.5, 0.6) is 0 Å². The van der Waals surface area contributed by atoms with E-state index in [4.69, 9.17) is 37.0 Å². The van der Waals surface area contributed by atoms with E-state index in [-0.39, 0.29) is 25.7 Å². The van der Waals surface area contributed by atoms with Gasteiger partial charge in [0.1, 0.15) is 19.3 Å². The van der Waals surface area contributed by atoms with Gasteiger partial charge in [-0.3, -0.25) is 37.3 Å². The van der Waals surface area contributed by atoms with E-state index in [0.29, 0.717) is 31.6 Å². The zero-order valence-electron chi connectivity index (χ0n) is 63.0. The van der Waals surface area contributed by atoms with Crippen LogP contribution in [0.4, 0.5) is 0 Å². The molecule has 0 heterocycles. The number of hydrogen-bond donors (Lipinski definition) is 3. The van der Waals surface area contributed by atoms with Crippen molar-refractivity contribution in [1.82, 2.24) is 0 Å². The summed E-state index contributed by atoms with van der Waals surface area (Å²) in [4.78, 5) is 72.7. The van der Waals surface area contributed by atoms with Crippen LogP contribution in [0.2, 0.25) is 0 Å². The molecule has 0 radical (unpaired) electrons. The molecule has 0 aromatic heterocycles. The van der Waals surface area contributed by atoms with Crippen LogP contribution in [-0.2, 0) is 65.4 Å². The highest BCUT2D eigenvalue weighted by molar-refractivity contribution is 7.47. The molecular formula is C77H150O17P2. The number of carbonyl (C=O) groups is 4. The van der Waals surface area contributed by atoms with Crippen molar-refractivity contribution in [3.8, 4) is 0 Å². The van der Waals surface area contributed by atoms with Crippen molar-refractivity contribution >= 4 is 39.5 Å². The molecule has 0 aliphatic heterocycles. The molecule has 0 aromatic rings. The van der Waals surface area contributed by atoms with Crippen molar-refractivity contribution in [2.75, 3.05) is 39.6 Å². The predicted octanol–water partition coefficient (Wildman–Crippen LogP) is 22.4. The van der Waals surface area contributed by atoms with Gasteiger partial charge < -0.3 is 33.8 Å². The van der Waals surface area contributed by atoms with Gasteiger partial charge in [0.25, 0.3) is 0 Å². The van der Waals surface area contributed by atoms with Crippen LogP contribution in [0, 0.1) is 23.7 Å². The first kappa shape index (κ1) is 94.1. The summed E-state index contributed by atoms with van der Waals surface area (Å²) in [6, 6.07) is 0.